The standard InChI is InChI=1S/C31H42N4O2.C4H4O4/c36-29(22-34-18-4-5-19-34)32-27-14-10-25(11-15-27)31(24-8-2-1-3-9-24)26-12-16-28(17-13-26)33-30(37)23-35-20-6-7-21-35;5-3(6)1-2-4(7)8/h10-17,24,31H,1-9,18-23H2,(H,32,36)(H,33,37);1-2H,(H,5,6)(H,7,8). The summed E-state index contributed by atoms with van der Waals surface area (Å²) in [5, 5.41) is 21.8. The summed E-state index contributed by atoms with van der Waals surface area (Å²) in [7, 11) is 0. The molecule has 10 nitrogen and oxygen atoms in total. The van der Waals surface area contributed by atoms with Crippen LogP contribution in [0.1, 0.15) is 74.8 Å². The first-order chi connectivity index (χ1) is 21.8. The summed E-state index contributed by atoms with van der Waals surface area (Å²) in [5.41, 5.74) is 4.34. The minimum absolute atomic E-state index is 0.0702. The van der Waals surface area contributed by atoms with Crippen LogP contribution in [0.25, 0.3) is 0 Å². The third-order valence-corrected chi connectivity index (χ3v) is 8.73. The number of carbonyl (C=O) groups excluding carboxylic acids is 2. The predicted octanol–water partition coefficient (Wildman–Crippen LogP) is 5.18. The smallest absolute Gasteiger partial charge is 0.328 e. The topological polar surface area (TPSA) is 139 Å². The number of likely N-dealkylation sites (tertiary alicyclic amines) is 2. The van der Waals surface area contributed by atoms with E-state index in [1.807, 2.05) is 0 Å². The quantitative estimate of drug-likeness (QED) is 0.253. The summed E-state index contributed by atoms with van der Waals surface area (Å²) in [4.78, 5) is 48.5. The van der Waals surface area contributed by atoms with Gasteiger partial charge in [0.25, 0.3) is 0 Å². The van der Waals surface area contributed by atoms with Gasteiger partial charge in [0.1, 0.15) is 0 Å². The number of hydrogen-bond acceptors (Lipinski definition) is 6. The second-order valence-corrected chi connectivity index (χ2v) is 12.2. The van der Waals surface area contributed by atoms with Crippen LogP contribution in [0.3, 0.4) is 0 Å². The fourth-order valence-electron chi connectivity index (χ4n) is 6.58. The Morgan fingerprint density at radius 2 is 1.00 bits per heavy atom. The summed E-state index contributed by atoms with van der Waals surface area (Å²) in [6.07, 6.45) is 12.3. The van der Waals surface area contributed by atoms with Gasteiger partial charge in [-0.1, -0.05) is 43.5 Å². The zero-order valence-corrected chi connectivity index (χ0v) is 26.0. The summed E-state index contributed by atoms with van der Waals surface area (Å²) < 4.78 is 0. The maximum atomic E-state index is 12.5. The van der Waals surface area contributed by atoms with Gasteiger partial charge in [0.05, 0.1) is 13.1 Å². The molecule has 3 aliphatic rings. The summed E-state index contributed by atoms with van der Waals surface area (Å²) >= 11 is 0. The number of amides is 2. The lowest BCUT2D eigenvalue weighted by Gasteiger charge is -2.31. The Morgan fingerprint density at radius 3 is 1.36 bits per heavy atom. The zero-order valence-electron chi connectivity index (χ0n) is 26.0. The van der Waals surface area contributed by atoms with Crippen molar-refractivity contribution in [2.24, 2.45) is 5.92 Å². The summed E-state index contributed by atoms with van der Waals surface area (Å²) in [6.45, 7) is 5.06. The van der Waals surface area contributed by atoms with Crippen molar-refractivity contribution in [3.63, 3.8) is 0 Å². The molecule has 0 spiro atoms. The summed E-state index contributed by atoms with van der Waals surface area (Å²) in [5.74, 6) is -1.44. The van der Waals surface area contributed by atoms with Gasteiger partial charge >= 0.3 is 11.9 Å². The fourth-order valence-corrected chi connectivity index (χ4v) is 6.58. The predicted molar refractivity (Wildman–Crippen MR) is 174 cm³/mol. The number of nitrogens with zero attached hydrogens (tertiary/aromatic N) is 2. The molecule has 2 saturated heterocycles. The van der Waals surface area contributed by atoms with E-state index in [0.717, 1.165) is 37.6 Å². The lowest BCUT2D eigenvalue weighted by Crippen LogP contribution is -2.30. The van der Waals surface area contributed by atoms with Crippen molar-refractivity contribution in [3.05, 3.63) is 71.8 Å². The molecule has 0 bridgehead atoms. The lowest BCUT2D eigenvalue weighted by molar-refractivity contribution is -0.134. The van der Waals surface area contributed by atoms with Crippen LogP contribution in [0, 0.1) is 5.92 Å². The first-order valence-corrected chi connectivity index (χ1v) is 16.1. The minimum Gasteiger partial charge on any atom is -0.478 e. The Morgan fingerprint density at radius 1 is 0.622 bits per heavy atom. The molecule has 0 atom stereocenters. The Hall–Kier alpha value is -4.02. The van der Waals surface area contributed by atoms with Crippen LogP contribution in [-0.4, -0.2) is 83.0 Å². The van der Waals surface area contributed by atoms with Gasteiger partial charge in [0.15, 0.2) is 0 Å². The van der Waals surface area contributed by atoms with Crippen molar-refractivity contribution in [2.45, 2.75) is 63.7 Å². The van der Waals surface area contributed by atoms with E-state index in [0.29, 0.717) is 37.1 Å². The van der Waals surface area contributed by atoms with Gasteiger partial charge in [0.2, 0.25) is 11.8 Å². The van der Waals surface area contributed by atoms with Gasteiger partial charge in [0, 0.05) is 29.4 Å². The Labute approximate surface area is 265 Å². The van der Waals surface area contributed by atoms with Crippen molar-refractivity contribution < 1.29 is 29.4 Å². The number of benzene rings is 2. The molecule has 1 saturated carbocycles. The molecule has 3 fully saturated rings. The molecule has 4 N–H and O–H groups in total. The molecule has 242 valence electrons. The molecule has 1 aliphatic carbocycles. The molecule has 0 unspecified atom stereocenters. The maximum absolute atomic E-state index is 12.5. The average molecular weight is 619 g/mol. The highest BCUT2D eigenvalue weighted by atomic mass is 16.4. The lowest BCUT2D eigenvalue weighted by atomic mass is 9.73. The second kappa shape index (κ2) is 17.5. The highest BCUT2D eigenvalue weighted by Gasteiger charge is 2.27. The fraction of sp³-hybridized carbons (Fsp3) is 0.486. The molecular formula is C35H46N4O6. The van der Waals surface area contributed by atoms with Crippen molar-refractivity contribution in [1.29, 1.82) is 0 Å². The third-order valence-electron chi connectivity index (χ3n) is 8.73. The van der Waals surface area contributed by atoms with Crippen LogP contribution in [0.15, 0.2) is 60.7 Å². The number of nitrogens with one attached hydrogen (secondary N) is 2. The SMILES string of the molecule is O=C(CN1CCCC1)Nc1ccc(C(c2ccc(NC(=O)CN3CCCC3)cc2)C2CCCCC2)cc1.O=C(O)C=CC(=O)O. The zero-order chi connectivity index (χ0) is 32.0. The molecule has 45 heavy (non-hydrogen) atoms. The van der Waals surface area contributed by atoms with E-state index in [2.05, 4.69) is 69.0 Å². The monoisotopic (exact) mass is 618 g/mol. The van der Waals surface area contributed by atoms with Crippen LogP contribution in [0.2, 0.25) is 0 Å². The number of anilines is 2. The molecule has 2 amide bonds. The summed E-state index contributed by atoms with van der Waals surface area (Å²) in [6, 6.07) is 17.0. The van der Waals surface area contributed by atoms with E-state index < -0.39 is 11.9 Å². The average Bonchev–Trinajstić information content (AvgIpc) is 3.74. The van der Waals surface area contributed by atoms with Crippen LogP contribution < -0.4 is 10.6 Å². The number of carbonyl (C=O) groups is 4. The number of aliphatic carboxylic acids is 2. The van der Waals surface area contributed by atoms with Gasteiger partial charge in [-0.2, -0.15) is 0 Å². The van der Waals surface area contributed by atoms with Gasteiger partial charge in [-0.05, 0) is 106 Å². The van der Waals surface area contributed by atoms with Crippen LogP contribution in [0.5, 0.6) is 0 Å². The molecule has 0 radical (unpaired) electrons. The highest BCUT2D eigenvalue weighted by Crippen LogP contribution is 2.41. The molecule has 10 heteroatoms. The Kier molecular flexibility index (Phi) is 13.1. The van der Waals surface area contributed by atoms with E-state index in [1.54, 1.807) is 0 Å². The van der Waals surface area contributed by atoms with Crippen molar-refractivity contribution in [3.8, 4) is 0 Å². The number of carboxylic acids is 2. The van der Waals surface area contributed by atoms with Gasteiger partial charge in [-0.3, -0.25) is 19.4 Å². The number of carboxylic acid groups (broad SMARTS) is 2. The highest BCUT2D eigenvalue weighted by molar-refractivity contribution is 5.93. The molecule has 5 rings (SSSR count). The third kappa shape index (κ3) is 11.4. The maximum Gasteiger partial charge on any atom is 0.328 e. The largest absolute Gasteiger partial charge is 0.478 e. The number of hydrogen-bond donors (Lipinski definition) is 4. The van der Waals surface area contributed by atoms with Crippen molar-refractivity contribution in [1.82, 2.24) is 9.80 Å². The van der Waals surface area contributed by atoms with Gasteiger partial charge in [-0.15, -0.1) is 0 Å². The van der Waals surface area contributed by atoms with Crippen LogP contribution >= 0.6 is 0 Å². The molecule has 2 aromatic rings. The van der Waals surface area contributed by atoms with Crippen molar-refractivity contribution in [2.75, 3.05) is 49.9 Å². The van der Waals surface area contributed by atoms with E-state index in [9.17, 15) is 19.2 Å². The second-order valence-electron chi connectivity index (χ2n) is 12.2. The van der Waals surface area contributed by atoms with E-state index >= 15 is 0 Å². The molecule has 2 heterocycles. The Balaban J connectivity index is 0.000000510. The number of rotatable bonds is 11. The normalized spacial score (nSPS) is 17.6. The van der Waals surface area contributed by atoms with E-state index in [-0.39, 0.29) is 11.8 Å². The van der Waals surface area contributed by atoms with Crippen molar-refractivity contribution >= 4 is 35.1 Å². The molecule has 2 aliphatic heterocycles. The van der Waals surface area contributed by atoms with E-state index in [1.165, 1.54) is 68.9 Å². The first-order valence-electron chi connectivity index (χ1n) is 16.1. The first kappa shape index (κ1) is 33.9. The van der Waals surface area contributed by atoms with E-state index in [4.69, 9.17) is 10.2 Å². The van der Waals surface area contributed by atoms with Gasteiger partial charge < -0.3 is 20.8 Å². The van der Waals surface area contributed by atoms with Crippen LogP contribution in [-0.2, 0) is 19.2 Å². The van der Waals surface area contributed by atoms with Gasteiger partial charge in [-0.25, -0.2) is 9.59 Å². The molecule has 2 aromatic carbocycles. The minimum atomic E-state index is -1.26. The molecular weight excluding hydrogens is 572 g/mol. The van der Waals surface area contributed by atoms with Crippen LogP contribution in [0.4, 0.5) is 11.4 Å². The molecule has 0 aromatic heterocycles. The Bertz CT molecular complexity index is 1200.